The van der Waals surface area contributed by atoms with Crippen LogP contribution < -0.4 is 0 Å². The van der Waals surface area contributed by atoms with E-state index in [9.17, 15) is 19.2 Å². The number of hydrogen-bond donors (Lipinski definition) is 0. The maximum Gasteiger partial charge on any atom is 0.306 e. The third kappa shape index (κ3) is 48.3. The van der Waals surface area contributed by atoms with Gasteiger partial charge in [-0.3, -0.25) is 14.4 Å². The van der Waals surface area contributed by atoms with Crippen LogP contribution >= 0.6 is 0 Å². The van der Waals surface area contributed by atoms with Gasteiger partial charge in [0.1, 0.15) is 19.5 Å². The highest BCUT2D eigenvalue weighted by Crippen LogP contribution is 2.15. The molecule has 1 unspecified atom stereocenters. The first kappa shape index (κ1) is 59.3. The molecule has 62 heavy (non-hydrogen) atoms. The normalized spacial score (nSPS) is 12.2. The summed E-state index contributed by atoms with van der Waals surface area (Å²) >= 11 is 0. The molecule has 0 N–H and O–H groups in total. The summed E-state index contributed by atoms with van der Waals surface area (Å²) in [7, 11) is 0. The van der Waals surface area contributed by atoms with E-state index in [1.54, 1.807) is 0 Å². The van der Waals surface area contributed by atoms with Gasteiger partial charge in [0.25, 0.3) is 0 Å². The lowest BCUT2D eigenvalue weighted by Gasteiger charge is -2.18. The van der Waals surface area contributed by atoms with Crippen molar-refractivity contribution in [2.75, 3.05) is 13.2 Å². The molecular formula is C55H98O7. The first-order chi connectivity index (χ1) is 30.5. The van der Waals surface area contributed by atoms with E-state index in [0.29, 0.717) is 25.7 Å². The topological polar surface area (TPSA) is 96.0 Å². The van der Waals surface area contributed by atoms with Crippen LogP contribution in [0.1, 0.15) is 271 Å². The lowest BCUT2D eigenvalue weighted by atomic mass is 10.0. The number of allylic oxidation sites excluding steroid dienone is 6. The first-order valence-corrected chi connectivity index (χ1v) is 26.4. The zero-order valence-electron chi connectivity index (χ0n) is 40.7. The van der Waals surface area contributed by atoms with Crippen molar-refractivity contribution in [3.8, 4) is 0 Å². The van der Waals surface area contributed by atoms with Gasteiger partial charge in [0, 0.05) is 25.7 Å². The Balaban J connectivity index is 4.38. The molecular weight excluding hydrogens is 773 g/mol. The predicted octanol–water partition coefficient (Wildman–Crippen LogP) is 16.5. The maximum absolute atomic E-state index is 12.8. The van der Waals surface area contributed by atoms with Gasteiger partial charge >= 0.3 is 17.9 Å². The van der Waals surface area contributed by atoms with Gasteiger partial charge in [0.2, 0.25) is 0 Å². The van der Waals surface area contributed by atoms with Crippen LogP contribution in [0.5, 0.6) is 0 Å². The number of unbranched alkanes of at least 4 members (excludes halogenated alkanes) is 31. The molecule has 7 heteroatoms. The summed E-state index contributed by atoms with van der Waals surface area (Å²) in [5.41, 5.74) is 0. The van der Waals surface area contributed by atoms with Crippen LogP contribution in [0, 0.1) is 0 Å². The monoisotopic (exact) mass is 871 g/mol. The molecule has 0 saturated heterocycles. The molecule has 0 aromatic heterocycles. The highest BCUT2D eigenvalue weighted by Gasteiger charge is 2.19. The molecule has 7 nitrogen and oxygen atoms in total. The van der Waals surface area contributed by atoms with Crippen molar-refractivity contribution in [2.45, 2.75) is 277 Å². The maximum atomic E-state index is 12.8. The molecule has 0 radical (unpaired) electrons. The summed E-state index contributed by atoms with van der Waals surface area (Å²) in [6.07, 6.45) is 57.3. The van der Waals surface area contributed by atoms with Crippen LogP contribution in [-0.4, -0.2) is 43.5 Å². The van der Waals surface area contributed by atoms with E-state index in [-0.39, 0.29) is 31.1 Å². The molecule has 0 aliphatic rings. The van der Waals surface area contributed by atoms with Gasteiger partial charge in [-0.2, -0.15) is 0 Å². The van der Waals surface area contributed by atoms with Gasteiger partial charge in [-0.25, -0.2) is 0 Å². The van der Waals surface area contributed by atoms with E-state index in [0.717, 1.165) is 128 Å². The second-order valence-corrected chi connectivity index (χ2v) is 17.7. The van der Waals surface area contributed by atoms with E-state index < -0.39 is 6.10 Å². The minimum Gasteiger partial charge on any atom is -0.462 e. The van der Waals surface area contributed by atoms with Crippen LogP contribution in [0.3, 0.4) is 0 Å². The van der Waals surface area contributed by atoms with Crippen molar-refractivity contribution in [3.05, 3.63) is 36.5 Å². The average Bonchev–Trinajstić information content (AvgIpc) is 3.27. The Hall–Kier alpha value is -2.70. The second-order valence-electron chi connectivity index (χ2n) is 17.7. The number of carbonyl (C=O) groups excluding carboxylic acids is 4. The van der Waals surface area contributed by atoms with Crippen LogP contribution in [0.25, 0.3) is 0 Å². The molecule has 0 spiro atoms. The predicted molar refractivity (Wildman–Crippen MR) is 261 cm³/mol. The standard InChI is InChI=1S/C55H98O7/c1-3-5-7-9-11-13-15-17-19-23-26-30-34-38-42-46-53(57)60-50-52(62-55(59)48-44-40-36-32-28-22-18-16-14-12-10-8-6-4-2)51-61-54(58)47-43-39-35-31-27-24-20-21-25-29-33-37-41-45-49-56/h10,12,16,18,20-21,49,52H,3-9,11,13-15,17,19,22-48,50-51H2,1-2H3/b12-10-,18-16-,21-20+. The number of rotatable bonds is 49. The molecule has 0 amide bonds. The van der Waals surface area contributed by atoms with Crippen LogP contribution in [0.4, 0.5) is 0 Å². The van der Waals surface area contributed by atoms with Gasteiger partial charge < -0.3 is 19.0 Å². The van der Waals surface area contributed by atoms with E-state index >= 15 is 0 Å². The molecule has 360 valence electrons. The number of hydrogen-bond acceptors (Lipinski definition) is 7. The van der Waals surface area contributed by atoms with Gasteiger partial charge in [-0.1, -0.05) is 204 Å². The molecule has 0 aliphatic heterocycles. The largest absolute Gasteiger partial charge is 0.462 e. The van der Waals surface area contributed by atoms with Gasteiger partial charge in [0.15, 0.2) is 6.10 Å². The third-order valence-corrected chi connectivity index (χ3v) is 11.6. The van der Waals surface area contributed by atoms with Crippen LogP contribution in [0.15, 0.2) is 36.5 Å². The fraction of sp³-hybridized carbons (Fsp3) is 0.818. The molecule has 0 aliphatic carbocycles. The smallest absolute Gasteiger partial charge is 0.306 e. The zero-order valence-corrected chi connectivity index (χ0v) is 40.7. The van der Waals surface area contributed by atoms with E-state index in [4.69, 9.17) is 14.2 Å². The lowest BCUT2D eigenvalue weighted by molar-refractivity contribution is -0.167. The summed E-state index contributed by atoms with van der Waals surface area (Å²) in [5, 5.41) is 0. The minimum atomic E-state index is -0.791. The Morgan fingerprint density at radius 1 is 0.355 bits per heavy atom. The summed E-state index contributed by atoms with van der Waals surface area (Å²) in [4.78, 5) is 48.4. The Labute approximate surface area is 382 Å². The van der Waals surface area contributed by atoms with Crippen LogP contribution in [-0.2, 0) is 33.4 Å². The molecule has 0 rings (SSSR count). The van der Waals surface area contributed by atoms with Gasteiger partial charge in [-0.15, -0.1) is 0 Å². The van der Waals surface area contributed by atoms with Crippen molar-refractivity contribution in [3.63, 3.8) is 0 Å². The first-order valence-electron chi connectivity index (χ1n) is 26.4. The Morgan fingerprint density at radius 3 is 1.05 bits per heavy atom. The lowest BCUT2D eigenvalue weighted by Crippen LogP contribution is -2.30. The Morgan fingerprint density at radius 2 is 0.661 bits per heavy atom. The summed E-state index contributed by atoms with van der Waals surface area (Å²) in [6, 6.07) is 0. The minimum absolute atomic E-state index is 0.0888. The Bertz CT molecular complexity index is 1080. The molecule has 1 atom stereocenters. The molecule has 0 aromatic rings. The fourth-order valence-corrected chi connectivity index (χ4v) is 7.55. The zero-order chi connectivity index (χ0) is 45.1. The van der Waals surface area contributed by atoms with Gasteiger partial charge in [0.05, 0.1) is 0 Å². The van der Waals surface area contributed by atoms with E-state index in [2.05, 4.69) is 50.3 Å². The van der Waals surface area contributed by atoms with E-state index in [1.165, 1.54) is 109 Å². The number of carbonyl (C=O) groups is 4. The van der Waals surface area contributed by atoms with Crippen molar-refractivity contribution >= 4 is 24.2 Å². The number of aldehydes is 1. The molecule has 0 bridgehead atoms. The van der Waals surface area contributed by atoms with Crippen molar-refractivity contribution < 1.29 is 33.4 Å². The van der Waals surface area contributed by atoms with Crippen molar-refractivity contribution in [2.24, 2.45) is 0 Å². The van der Waals surface area contributed by atoms with Crippen molar-refractivity contribution in [1.29, 1.82) is 0 Å². The van der Waals surface area contributed by atoms with Crippen molar-refractivity contribution in [1.82, 2.24) is 0 Å². The highest BCUT2D eigenvalue weighted by atomic mass is 16.6. The number of ether oxygens (including phenoxy) is 3. The summed E-state index contributed by atoms with van der Waals surface area (Å²) < 4.78 is 16.8. The Kier molecular flexibility index (Phi) is 48.7. The number of esters is 3. The molecule has 0 fully saturated rings. The second kappa shape index (κ2) is 50.9. The quantitative estimate of drug-likeness (QED) is 0.0197. The fourth-order valence-electron chi connectivity index (χ4n) is 7.55. The highest BCUT2D eigenvalue weighted by molar-refractivity contribution is 5.71. The summed E-state index contributed by atoms with van der Waals surface area (Å²) in [5.74, 6) is -0.925. The van der Waals surface area contributed by atoms with Crippen LogP contribution in [0.2, 0.25) is 0 Å². The SMILES string of the molecule is CCCC/C=C\C/C=C\CCCCCCCC(=O)OC(COC(=O)CCCCCCC/C=C/CCCCCCC=O)COC(=O)CCCCCCCCCCCCCCCCC. The van der Waals surface area contributed by atoms with Gasteiger partial charge in [-0.05, 0) is 77.0 Å². The third-order valence-electron chi connectivity index (χ3n) is 11.6. The molecule has 0 heterocycles. The summed E-state index contributed by atoms with van der Waals surface area (Å²) in [6.45, 7) is 4.31. The average molecular weight is 871 g/mol. The van der Waals surface area contributed by atoms with E-state index in [1.807, 2.05) is 0 Å². The molecule has 0 saturated carbocycles. The molecule has 0 aromatic carbocycles.